The van der Waals surface area contributed by atoms with Crippen molar-refractivity contribution in [3.8, 4) is 0 Å². The number of fused-ring (bicyclic) bond motifs is 5. The van der Waals surface area contributed by atoms with Crippen LogP contribution >= 0.6 is 0 Å². The van der Waals surface area contributed by atoms with Gasteiger partial charge in [-0.05, 0) is 131 Å². The van der Waals surface area contributed by atoms with Gasteiger partial charge in [-0.3, -0.25) is 0 Å². The quantitative estimate of drug-likeness (QED) is 0.117. The normalized spacial score (nSPS) is 36.9. The molecule has 0 aliphatic heterocycles. The zero-order valence-corrected chi connectivity index (χ0v) is 26.9. The van der Waals surface area contributed by atoms with E-state index in [2.05, 4.69) is 40.7 Å². The summed E-state index contributed by atoms with van der Waals surface area (Å²) in [6, 6.07) is 0. The van der Waals surface area contributed by atoms with Crippen LogP contribution in [0.25, 0.3) is 0 Å². The Morgan fingerprint density at radius 3 is 2.33 bits per heavy atom. The number of allylic oxidation sites excluding steroid dienone is 1. The van der Waals surface area contributed by atoms with E-state index >= 15 is 0 Å². The molecule has 4 aliphatic rings. The molecule has 0 heterocycles. The van der Waals surface area contributed by atoms with Crippen molar-refractivity contribution in [3.63, 3.8) is 0 Å². The van der Waals surface area contributed by atoms with Crippen LogP contribution in [0.5, 0.6) is 0 Å². The molecule has 0 amide bonds. The lowest BCUT2D eigenvalue weighted by atomic mass is 9.47. The highest BCUT2D eigenvalue weighted by Gasteiger charge is 2.59. The van der Waals surface area contributed by atoms with E-state index in [0.29, 0.717) is 16.9 Å². The minimum absolute atomic E-state index is 0.0451. The third-order valence-corrected chi connectivity index (χ3v) is 12.2. The van der Waals surface area contributed by atoms with Gasteiger partial charge in [0.15, 0.2) is 6.29 Å². The van der Waals surface area contributed by atoms with E-state index in [1.807, 2.05) is 13.8 Å². The molecule has 0 bridgehead atoms. The van der Waals surface area contributed by atoms with E-state index in [1.54, 1.807) is 5.57 Å². The highest BCUT2D eigenvalue weighted by molar-refractivity contribution is 5.25. The molecule has 0 saturated heterocycles. The lowest BCUT2D eigenvalue weighted by molar-refractivity contribution is -0.140. The van der Waals surface area contributed by atoms with Crippen molar-refractivity contribution in [2.75, 3.05) is 19.8 Å². The molecular weight excluding hydrogens is 480 g/mol. The molecule has 0 aromatic rings. The predicted molar refractivity (Wildman–Crippen MR) is 164 cm³/mol. The molecule has 4 rings (SSSR count). The maximum atomic E-state index is 6.46. The van der Waals surface area contributed by atoms with Crippen molar-refractivity contribution in [2.24, 2.45) is 46.3 Å². The molecule has 3 saturated carbocycles. The van der Waals surface area contributed by atoms with Crippen LogP contribution in [0.15, 0.2) is 11.6 Å². The smallest absolute Gasteiger partial charge is 0.157 e. The first kappa shape index (κ1) is 31.6. The van der Waals surface area contributed by atoms with Crippen LogP contribution in [0.3, 0.4) is 0 Å². The third kappa shape index (κ3) is 7.16. The van der Waals surface area contributed by atoms with Crippen molar-refractivity contribution in [1.29, 1.82) is 0 Å². The zero-order valence-electron chi connectivity index (χ0n) is 26.9. The molecule has 1 unspecified atom stereocenters. The Hall–Kier alpha value is -0.380. The lowest BCUT2D eigenvalue weighted by Crippen LogP contribution is -2.51. The molecule has 4 aliphatic carbocycles. The van der Waals surface area contributed by atoms with Crippen molar-refractivity contribution in [2.45, 2.75) is 151 Å². The fraction of sp³-hybridized carbons (Fsp3) is 0.944. The molecule has 0 spiro atoms. The Balaban J connectivity index is 1.28. The second kappa shape index (κ2) is 14.2. The van der Waals surface area contributed by atoms with E-state index in [9.17, 15) is 0 Å². The van der Waals surface area contributed by atoms with E-state index in [4.69, 9.17) is 14.2 Å². The van der Waals surface area contributed by atoms with Gasteiger partial charge in [-0.25, -0.2) is 0 Å². The molecule has 8 atom stereocenters. The van der Waals surface area contributed by atoms with Gasteiger partial charge in [0.05, 0.1) is 6.10 Å². The summed E-state index contributed by atoms with van der Waals surface area (Å²) in [4.78, 5) is 0. The Morgan fingerprint density at radius 1 is 0.846 bits per heavy atom. The maximum Gasteiger partial charge on any atom is 0.157 e. The molecule has 0 N–H and O–H groups in total. The average Bonchev–Trinajstić information content (AvgIpc) is 3.26. The van der Waals surface area contributed by atoms with Crippen LogP contribution in [-0.2, 0) is 14.2 Å². The first-order valence-electron chi connectivity index (χ1n) is 17.3. The van der Waals surface area contributed by atoms with Crippen LogP contribution in [0.2, 0.25) is 0 Å². The number of hydrogen-bond donors (Lipinski definition) is 0. The van der Waals surface area contributed by atoms with Crippen molar-refractivity contribution in [1.82, 2.24) is 0 Å². The average molecular weight is 545 g/mol. The van der Waals surface area contributed by atoms with Crippen molar-refractivity contribution in [3.05, 3.63) is 11.6 Å². The molecule has 39 heavy (non-hydrogen) atoms. The number of rotatable bonds is 15. The Kier molecular flexibility index (Phi) is 11.5. The second-order valence-corrected chi connectivity index (χ2v) is 14.9. The fourth-order valence-electron chi connectivity index (χ4n) is 10.0. The Morgan fingerprint density at radius 2 is 1.62 bits per heavy atom. The third-order valence-electron chi connectivity index (χ3n) is 12.2. The highest BCUT2D eigenvalue weighted by atomic mass is 16.7. The predicted octanol–water partition coefficient (Wildman–Crippen LogP) is 9.98. The zero-order chi connectivity index (χ0) is 28.0. The van der Waals surface area contributed by atoms with E-state index in [1.165, 1.54) is 70.6 Å². The summed E-state index contributed by atoms with van der Waals surface area (Å²) in [5, 5.41) is 0. The summed E-state index contributed by atoms with van der Waals surface area (Å²) in [7, 11) is 0. The van der Waals surface area contributed by atoms with Gasteiger partial charge >= 0.3 is 0 Å². The SMILES string of the molecule is CCOC(CCCCOC1CC[C@@]2(C)C(=CC[C@H]3[C@@H]4CC[C@H]([C@H](C)CCCC(C)C)[C@@]4(C)CC[C@@H]32)C1)OCC. The summed E-state index contributed by atoms with van der Waals surface area (Å²) >= 11 is 0. The molecule has 3 heteroatoms. The van der Waals surface area contributed by atoms with E-state index < -0.39 is 0 Å². The molecular formula is C36H64O3. The van der Waals surface area contributed by atoms with Gasteiger partial charge in [-0.15, -0.1) is 0 Å². The minimum atomic E-state index is -0.0451. The van der Waals surface area contributed by atoms with Gasteiger partial charge in [-0.2, -0.15) is 0 Å². The van der Waals surface area contributed by atoms with Gasteiger partial charge in [0, 0.05) is 19.8 Å². The molecule has 0 aromatic heterocycles. The Bertz CT molecular complexity index is 769. The largest absolute Gasteiger partial charge is 0.378 e. The molecule has 0 radical (unpaired) electrons. The van der Waals surface area contributed by atoms with Crippen molar-refractivity contribution >= 4 is 0 Å². The fourth-order valence-corrected chi connectivity index (χ4v) is 10.0. The van der Waals surface area contributed by atoms with E-state index in [-0.39, 0.29) is 6.29 Å². The van der Waals surface area contributed by atoms with Gasteiger partial charge in [0.25, 0.3) is 0 Å². The maximum absolute atomic E-state index is 6.46. The van der Waals surface area contributed by atoms with Crippen LogP contribution in [0.4, 0.5) is 0 Å². The molecule has 3 nitrogen and oxygen atoms in total. The second-order valence-electron chi connectivity index (χ2n) is 14.9. The molecule has 3 fully saturated rings. The summed E-state index contributed by atoms with van der Waals surface area (Å²) in [5.41, 5.74) is 2.77. The lowest BCUT2D eigenvalue weighted by Gasteiger charge is -2.58. The number of hydrogen-bond acceptors (Lipinski definition) is 3. The molecule has 226 valence electrons. The summed E-state index contributed by atoms with van der Waals surface area (Å²) in [6.07, 6.45) is 21.6. The van der Waals surface area contributed by atoms with Crippen LogP contribution in [0, 0.1) is 46.3 Å². The number of unbranched alkanes of at least 4 members (excludes halogenated alkanes) is 1. The standard InChI is InChI=1S/C36H64O3/c1-8-37-34(38-9-2)15-10-11-24-39-29-20-22-35(6)28(25-29)16-17-30-32-19-18-31(27(5)14-12-13-26(3)4)36(32,7)23-21-33(30)35/h16,26-27,29-34H,8-15,17-25H2,1-7H3/t27-,29?,30+,31-,32+,33+,35+,36-/m1/s1. The monoisotopic (exact) mass is 544 g/mol. The van der Waals surface area contributed by atoms with Gasteiger partial charge in [0.1, 0.15) is 0 Å². The summed E-state index contributed by atoms with van der Waals surface area (Å²) in [6.45, 7) is 19.1. The van der Waals surface area contributed by atoms with Gasteiger partial charge in [-0.1, -0.05) is 65.5 Å². The number of ether oxygens (including phenoxy) is 3. The first-order chi connectivity index (χ1) is 18.7. The van der Waals surface area contributed by atoms with E-state index in [0.717, 1.165) is 74.6 Å². The summed E-state index contributed by atoms with van der Waals surface area (Å²) in [5.74, 6) is 5.48. The Labute approximate surface area is 242 Å². The van der Waals surface area contributed by atoms with Crippen LogP contribution in [-0.4, -0.2) is 32.2 Å². The first-order valence-corrected chi connectivity index (χ1v) is 17.3. The highest BCUT2D eigenvalue weighted by Crippen LogP contribution is 2.67. The van der Waals surface area contributed by atoms with Gasteiger partial charge in [0.2, 0.25) is 0 Å². The molecule has 0 aromatic carbocycles. The van der Waals surface area contributed by atoms with Crippen LogP contribution < -0.4 is 0 Å². The topological polar surface area (TPSA) is 27.7 Å². The minimum Gasteiger partial charge on any atom is -0.378 e. The van der Waals surface area contributed by atoms with Crippen LogP contribution in [0.1, 0.15) is 138 Å². The van der Waals surface area contributed by atoms with Crippen molar-refractivity contribution < 1.29 is 14.2 Å². The van der Waals surface area contributed by atoms with Gasteiger partial charge < -0.3 is 14.2 Å². The summed E-state index contributed by atoms with van der Waals surface area (Å²) < 4.78 is 17.9.